The molecule has 2 aromatic heterocycles. The maximum atomic E-state index is 12.9. The molecule has 5 nitrogen and oxygen atoms in total. The highest BCUT2D eigenvalue weighted by molar-refractivity contribution is 9.10. The number of halogens is 1. The molecule has 1 amide bonds. The van der Waals surface area contributed by atoms with Gasteiger partial charge in [-0.25, -0.2) is 4.98 Å². The molecule has 0 aliphatic heterocycles. The summed E-state index contributed by atoms with van der Waals surface area (Å²) in [5.41, 5.74) is 1.83. The molecule has 1 aromatic carbocycles. The molecule has 26 heavy (non-hydrogen) atoms. The van der Waals surface area contributed by atoms with Gasteiger partial charge < -0.3 is 5.32 Å². The fraction of sp³-hybridized carbons (Fsp3) is 0.316. The zero-order valence-electron chi connectivity index (χ0n) is 14.3. The van der Waals surface area contributed by atoms with Crippen LogP contribution in [0.15, 0.2) is 39.7 Å². The van der Waals surface area contributed by atoms with Crippen LogP contribution in [0.5, 0.6) is 0 Å². The lowest BCUT2D eigenvalue weighted by molar-refractivity contribution is 0.0938. The van der Waals surface area contributed by atoms with Gasteiger partial charge in [0.2, 0.25) is 0 Å². The molecule has 7 heteroatoms. The highest BCUT2D eigenvalue weighted by atomic mass is 79.9. The Kier molecular flexibility index (Phi) is 4.67. The fourth-order valence-electron chi connectivity index (χ4n) is 3.33. The van der Waals surface area contributed by atoms with Gasteiger partial charge >= 0.3 is 0 Å². The summed E-state index contributed by atoms with van der Waals surface area (Å²) in [7, 11) is 0. The van der Waals surface area contributed by atoms with Crippen LogP contribution in [0.3, 0.4) is 0 Å². The Labute approximate surface area is 163 Å². The number of thiazole rings is 1. The average molecular weight is 432 g/mol. The summed E-state index contributed by atoms with van der Waals surface area (Å²) >= 11 is 4.96. The second-order valence-corrected chi connectivity index (χ2v) is 8.50. The number of aryl methyl sites for hydroxylation is 2. The summed E-state index contributed by atoms with van der Waals surface area (Å²) in [5.74, 6) is -0.386. The van der Waals surface area contributed by atoms with E-state index in [0.29, 0.717) is 4.96 Å². The summed E-state index contributed by atoms with van der Waals surface area (Å²) in [4.78, 5) is 31.9. The van der Waals surface area contributed by atoms with Gasteiger partial charge in [-0.1, -0.05) is 28.1 Å². The number of rotatable bonds is 3. The molecule has 3 aromatic rings. The summed E-state index contributed by atoms with van der Waals surface area (Å²) in [5, 5.41) is 2.91. The quantitative estimate of drug-likeness (QED) is 0.683. The Morgan fingerprint density at radius 1 is 1.27 bits per heavy atom. The second kappa shape index (κ2) is 6.96. The second-order valence-electron chi connectivity index (χ2n) is 6.52. The van der Waals surface area contributed by atoms with Gasteiger partial charge in [0.15, 0.2) is 4.96 Å². The number of fused-ring (bicyclic) bond motifs is 3. The van der Waals surface area contributed by atoms with Crippen molar-refractivity contribution in [2.45, 2.75) is 38.6 Å². The van der Waals surface area contributed by atoms with E-state index in [-0.39, 0.29) is 23.1 Å². The van der Waals surface area contributed by atoms with Crippen LogP contribution >= 0.6 is 27.3 Å². The van der Waals surface area contributed by atoms with Crippen molar-refractivity contribution in [3.63, 3.8) is 0 Å². The van der Waals surface area contributed by atoms with Crippen molar-refractivity contribution < 1.29 is 4.79 Å². The topological polar surface area (TPSA) is 63.5 Å². The normalized spacial score (nSPS) is 14.8. The standard InChI is InChI=1S/C19H18BrN3O2S/c1-11(12-6-8-13(20)9-7-12)22-17(24)14-10-21-19-23(18(14)25)15-4-2-3-5-16(15)26-19/h6-11H,2-5H2,1H3,(H,22,24). The van der Waals surface area contributed by atoms with Gasteiger partial charge in [-0.15, -0.1) is 11.3 Å². The Balaban J connectivity index is 1.65. The first-order valence-corrected chi connectivity index (χ1v) is 10.2. The van der Waals surface area contributed by atoms with Crippen LogP contribution in [0.4, 0.5) is 0 Å². The summed E-state index contributed by atoms with van der Waals surface area (Å²) in [6, 6.07) is 7.54. The number of amides is 1. The number of carbonyl (C=O) groups excluding carboxylic acids is 1. The molecule has 0 spiro atoms. The summed E-state index contributed by atoms with van der Waals surface area (Å²) < 4.78 is 2.62. The summed E-state index contributed by atoms with van der Waals surface area (Å²) in [6.07, 6.45) is 5.49. The molecule has 0 saturated heterocycles. The lowest BCUT2D eigenvalue weighted by Gasteiger charge is -2.14. The van der Waals surface area contributed by atoms with Crippen LogP contribution in [0.2, 0.25) is 0 Å². The third-order valence-electron chi connectivity index (χ3n) is 4.76. The van der Waals surface area contributed by atoms with E-state index in [2.05, 4.69) is 26.2 Å². The number of aromatic nitrogens is 2. The number of benzene rings is 1. The molecule has 4 rings (SSSR count). The predicted octanol–water partition coefficient (Wildman–Crippen LogP) is 3.89. The minimum atomic E-state index is -0.386. The Morgan fingerprint density at radius 3 is 2.77 bits per heavy atom. The van der Waals surface area contributed by atoms with Crippen LogP contribution in [-0.2, 0) is 12.8 Å². The van der Waals surface area contributed by atoms with E-state index < -0.39 is 0 Å². The smallest absolute Gasteiger partial charge is 0.271 e. The Morgan fingerprint density at radius 2 is 2.00 bits per heavy atom. The van der Waals surface area contributed by atoms with Crippen LogP contribution in [0, 0.1) is 0 Å². The van der Waals surface area contributed by atoms with Crippen molar-refractivity contribution in [2.75, 3.05) is 0 Å². The van der Waals surface area contributed by atoms with Gasteiger partial charge in [0.1, 0.15) is 5.56 Å². The zero-order valence-corrected chi connectivity index (χ0v) is 16.7. The number of nitrogens with zero attached hydrogens (tertiary/aromatic N) is 2. The van der Waals surface area contributed by atoms with Crippen molar-refractivity contribution >= 4 is 38.1 Å². The molecule has 2 heterocycles. The Bertz CT molecular complexity index is 1040. The first-order valence-electron chi connectivity index (χ1n) is 8.63. The first-order chi connectivity index (χ1) is 12.5. The van der Waals surface area contributed by atoms with Crippen LogP contribution in [0.1, 0.15) is 52.3 Å². The molecule has 0 saturated carbocycles. The van der Waals surface area contributed by atoms with E-state index in [1.54, 1.807) is 15.7 Å². The third-order valence-corrected chi connectivity index (χ3v) is 6.45. The van der Waals surface area contributed by atoms with Gasteiger partial charge in [0.05, 0.1) is 6.04 Å². The Hall–Kier alpha value is -1.99. The van der Waals surface area contributed by atoms with Gasteiger partial charge in [0, 0.05) is 21.2 Å². The molecule has 1 atom stereocenters. The predicted molar refractivity (Wildman–Crippen MR) is 106 cm³/mol. The largest absolute Gasteiger partial charge is 0.345 e. The molecule has 1 aliphatic rings. The summed E-state index contributed by atoms with van der Waals surface area (Å²) in [6.45, 7) is 1.90. The van der Waals surface area contributed by atoms with Crippen molar-refractivity contribution in [1.29, 1.82) is 0 Å². The molecule has 134 valence electrons. The van der Waals surface area contributed by atoms with E-state index in [1.807, 2.05) is 31.2 Å². The number of nitrogens with one attached hydrogen (secondary N) is 1. The van der Waals surface area contributed by atoms with Gasteiger partial charge in [0.25, 0.3) is 11.5 Å². The maximum absolute atomic E-state index is 12.9. The van der Waals surface area contributed by atoms with E-state index in [4.69, 9.17) is 0 Å². The number of hydrogen-bond donors (Lipinski definition) is 1. The average Bonchev–Trinajstić information content (AvgIpc) is 3.01. The molecular formula is C19H18BrN3O2S. The minimum absolute atomic E-state index is 0.0950. The third kappa shape index (κ3) is 3.10. The number of carbonyl (C=O) groups is 1. The van der Waals surface area contributed by atoms with Crippen LogP contribution < -0.4 is 10.9 Å². The van der Waals surface area contributed by atoms with Crippen molar-refractivity contribution in [3.05, 3.63) is 67.0 Å². The highest BCUT2D eigenvalue weighted by Crippen LogP contribution is 2.28. The van der Waals surface area contributed by atoms with Crippen LogP contribution in [0.25, 0.3) is 4.96 Å². The minimum Gasteiger partial charge on any atom is -0.345 e. The highest BCUT2D eigenvalue weighted by Gasteiger charge is 2.22. The number of hydrogen-bond acceptors (Lipinski definition) is 4. The zero-order chi connectivity index (χ0) is 18.3. The maximum Gasteiger partial charge on any atom is 0.271 e. The van der Waals surface area contributed by atoms with Gasteiger partial charge in [-0.05, 0) is 50.3 Å². The van der Waals surface area contributed by atoms with E-state index in [1.165, 1.54) is 11.1 Å². The first kappa shape index (κ1) is 17.4. The van der Waals surface area contributed by atoms with E-state index >= 15 is 0 Å². The molecule has 1 N–H and O–H groups in total. The van der Waals surface area contributed by atoms with Crippen molar-refractivity contribution in [3.8, 4) is 0 Å². The molecule has 0 bridgehead atoms. The monoisotopic (exact) mass is 431 g/mol. The van der Waals surface area contributed by atoms with Crippen LogP contribution in [-0.4, -0.2) is 15.3 Å². The fourth-order valence-corrected chi connectivity index (χ4v) is 4.77. The van der Waals surface area contributed by atoms with Crippen molar-refractivity contribution in [1.82, 2.24) is 14.7 Å². The molecular weight excluding hydrogens is 414 g/mol. The van der Waals surface area contributed by atoms with Crippen molar-refractivity contribution in [2.24, 2.45) is 0 Å². The van der Waals surface area contributed by atoms with Gasteiger partial charge in [-0.3, -0.25) is 14.0 Å². The van der Waals surface area contributed by atoms with E-state index in [0.717, 1.165) is 41.4 Å². The molecule has 0 fully saturated rings. The lowest BCUT2D eigenvalue weighted by Crippen LogP contribution is -2.33. The molecule has 1 aliphatic carbocycles. The van der Waals surface area contributed by atoms with Gasteiger partial charge in [-0.2, -0.15) is 0 Å². The molecule has 0 radical (unpaired) electrons. The van der Waals surface area contributed by atoms with E-state index in [9.17, 15) is 9.59 Å². The molecule has 1 unspecified atom stereocenters. The lowest BCUT2D eigenvalue weighted by atomic mass is 10.0. The SMILES string of the molecule is CC(NC(=O)c1cnc2sc3c(n2c1=O)CCCC3)c1ccc(Br)cc1.